The maximum atomic E-state index is 12.9. The van der Waals surface area contributed by atoms with Crippen molar-refractivity contribution in [3.63, 3.8) is 0 Å². The van der Waals surface area contributed by atoms with Gasteiger partial charge in [-0.2, -0.15) is 0 Å². The maximum Gasteiger partial charge on any atom is 0.251 e. The van der Waals surface area contributed by atoms with Gasteiger partial charge in [-0.25, -0.2) is 4.99 Å². The van der Waals surface area contributed by atoms with Gasteiger partial charge in [-0.05, 0) is 67.9 Å². The number of aromatic amines is 1. The molecule has 0 saturated carbocycles. The number of hydrogen-bond acceptors (Lipinski definition) is 5. The number of carbonyl (C=O) groups excluding carboxylic acids is 2. The first-order chi connectivity index (χ1) is 20.3. The first-order valence-corrected chi connectivity index (χ1v) is 14.7. The van der Waals surface area contributed by atoms with E-state index in [1.54, 1.807) is 42.5 Å². The van der Waals surface area contributed by atoms with E-state index in [0.29, 0.717) is 58.0 Å². The molecule has 2 amide bonds. The molecule has 8 nitrogen and oxygen atoms in total. The lowest BCUT2D eigenvalue weighted by atomic mass is 9.99. The summed E-state index contributed by atoms with van der Waals surface area (Å²) in [5.41, 5.74) is 4.25. The topological polar surface area (TPSA) is 110 Å². The zero-order valence-electron chi connectivity index (χ0n) is 24.9. The SMILES string of the molecule is CCN(CC)CCNC(=O)c1ccc(N=C(c2ccccc2)c2c(O)[nH]c3ccc(C(=O)NCCC(C)C)cc23)cc1. The zero-order valence-corrected chi connectivity index (χ0v) is 24.9. The van der Waals surface area contributed by atoms with Crippen molar-refractivity contribution in [2.75, 3.05) is 32.7 Å². The second-order valence-corrected chi connectivity index (χ2v) is 10.7. The van der Waals surface area contributed by atoms with E-state index in [9.17, 15) is 14.7 Å². The molecule has 42 heavy (non-hydrogen) atoms. The molecule has 4 aromatic rings. The number of aromatic nitrogens is 1. The summed E-state index contributed by atoms with van der Waals surface area (Å²) in [5.74, 6) is 0.170. The Morgan fingerprint density at radius 1 is 0.857 bits per heavy atom. The quantitative estimate of drug-likeness (QED) is 0.151. The van der Waals surface area contributed by atoms with Crippen molar-refractivity contribution in [1.82, 2.24) is 20.5 Å². The third-order valence-corrected chi connectivity index (χ3v) is 7.31. The van der Waals surface area contributed by atoms with Gasteiger partial charge in [0.05, 0.1) is 17.0 Å². The summed E-state index contributed by atoms with van der Waals surface area (Å²) in [6, 6.07) is 22.0. The summed E-state index contributed by atoms with van der Waals surface area (Å²) in [7, 11) is 0. The van der Waals surface area contributed by atoms with Crippen molar-refractivity contribution in [2.45, 2.75) is 34.1 Å². The van der Waals surface area contributed by atoms with Crippen LogP contribution in [0.1, 0.15) is 66.0 Å². The van der Waals surface area contributed by atoms with Crippen LogP contribution in [0.5, 0.6) is 5.88 Å². The van der Waals surface area contributed by atoms with Crippen molar-refractivity contribution in [1.29, 1.82) is 0 Å². The molecule has 4 rings (SSSR count). The van der Waals surface area contributed by atoms with Crippen molar-refractivity contribution < 1.29 is 14.7 Å². The number of hydrogen-bond donors (Lipinski definition) is 4. The first kappa shape index (κ1) is 30.5. The second kappa shape index (κ2) is 14.5. The number of aromatic hydroxyl groups is 1. The van der Waals surface area contributed by atoms with Crippen LogP contribution in [0.15, 0.2) is 77.8 Å². The summed E-state index contributed by atoms with van der Waals surface area (Å²) in [4.78, 5) is 35.8. The fraction of sp³-hybridized carbons (Fsp3) is 0.324. The lowest BCUT2D eigenvalue weighted by Crippen LogP contribution is -2.34. The van der Waals surface area contributed by atoms with Gasteiger partial charge in [-0.15, -0.1) is 0 Å². The number of fused-ring (bicyclic) bond motifs is 1. The predicted molar refractivity (Wildman–Crippen MR) is 170 cm³/mol. The maximum absolute atomic E-state index is 12.9. The van der Waals surface area contributed by atoms with Gasteiger partial charge in [-0.1, -0.05) is 58.0 Å². The van der Waals surface area contributed by atoms with Crippen LogP contribution in [0.3, 0.4) is 0 Å². The molecule has 220 valence electrons. The Bertz CT molecular complexity index is 1520. The zero-order chi connectivity index (χ0) is 30.1. The molecule has 0 aliphatic rings. The normalized spacial score (nSPS) is 11.8. The number of rotatable bonds is 13. The highest BCUT2D eigenvalue weighted by molar-refractivity contribution is 6.22. The van der Waals surface area contributed by atoms with Gasteiger partial charge in [0, 0.05) is 47.2 Å². The van der Waals surface area contributed by atoms with Crippen LogP contribution in [-0.4, -0.2) is 65.2 Å². The molecule has 0 atom stereocenters. The van der Waals surface area contributed by atoms with E-state index in [4.69, 9.17) is 4.99 Å². The van der Waals surface area contributed by atoms with Crippen LogP contribution >= 0.6 is 0 Å². The lowest BCUT2D eigenvalue weighted by Gasteiger charge is -2.17. The van der Waals surface area contributed by atoms with E-state index >= 15 is 0 Å². The Morgan fingerprint density at radius 3 is 2.17 bits per heavy atom. The van der Waals surface area contributed by atoms with E-state index < -0.39 is 0 Å². The fourth-order valence-electron chi connectivity index (χ4n) is 4.78. The molecule has 0 saturated heterocycles. The second-order valence-electron chi connectivity index (χ2n) is 10.7. The molecule has 1 heterocycles. The molecule has 8 heteroatoms. The average Bonchev–Trinajstić information content (AvgIpc) is 3.33. The Morgan fingerprint density at radius 2 is 1.50 bits per heavy atom. The number of nitrogens with one attached hydrogen (secondary N) is 3. The number of benzene rings is 3. The van der Waals surface area contributed by atoms with E-state index in [-0.39, 0.29) is 17.7 Å². The van der Waals surface area contributed by atoms with E-state index in [1.165, 1.54) is 0 Å². The summed E-state index contributed by atoms with van der Waals surface area (Å²) in [6.07, 6.45) is 0.895. The average molecular weight is 568 g/mol. The molecule has 0 spiro atoms. The van der Waals surface area contributed by atoms with Crippen LogP contribution in [0.2, 0.25) is 0 Å². The van der Waals surface area contributed by atoms with Gasteiger partial charge in [0.15, 0.2) is 5.88 Å². The van der Waals surface area contributed by atoms with Gasteiger partial charge in [0.1, 0.15) is 0 Å². The fourth-order valence-corrected chi connectivity index (χ4v) is 4.78. The summed E-state index contributed by atoms with van der Waals surface area (Å²) >= 11 is 0. The summed E-state index contributed by atoms with van der Waals surface area (Å²) < 4.78 is 0. The number of nitrogens with zero attached hydrogens (tertiary/aromatic N) is 2. The number of carbonyl (C=O) groups is 2. The van der Waals surface area contributed by atoms with E-state index in [0.717, 1.165) is 31.6 Å². The van der Waals surface area contributed by atoms with E-state index in [1.807, 2.05) is 30.3 Å². The lowest BCUT2D eigenvalue weighted by molar-refractivity contribution is 0.0942. The molecule has 0 unspecified atom stereocenters. The molecule has 4 N–H and O–H groups in total. The minimum Gasteiger partial charge on any atom is -0.494 e. The van der Waals surface area contributed by atoms with Crippen molar-refractivity contribution in [3.05, 3.63) is 95.1 Å². The largest absolute Gasteiger partial charge is 0.494 e. The predicted octanol–water partition coefficient (Wildman–Crippen LogP) is 5.89. The number of amides is 2. The minimum absolute atomic E-state index is 0.0332. The molecule has 0 aliphatic carbocycles. The highest BCUT2D eigenvalue weighted by Crippen LogP contribution is 2.32. The smallest absolute Gasteiger partial charge is 0.251 e. The van der Waals surface area contributed by atoms with Crippen LogP contribution in [0.4, 0.5) is 5.69 Å². The number of likely N-dealkylation sites (N-methyl/N-ethyl adjacent to an activating group) is 1. The Kier molecular flexibility index (Phi) is 10.5. The Labute approximate surface area is 247 Å². The molecule has 0 bridgehead atoms. The van der Waals surface area contributed by atoms with Crippen LogP contribution in [0, 0.1) is 5.92 Å². The molecular formula is C34H41N5O3. The minimum atomic E-state index is -0.159. The van der Waals surface area contributed by atoms with Gasteiger partial charge in [-0.3, -0.25) is 9.59 Å². The highest BCUT2D eigenvalue weighted by Gasteiger charge is 2.20. The molecule has 3 aromatic carbocycles. The molecule has 0 fully saturated rings. The first-order valence-electron chi connectivity index (χ1n) is 14.7. The van der Waals surface area contributed by atoms with E-state index in [2.05, 4.69) is 48.2 Å². The van der Waals surface area contributed by atoms with Crippen molar-refractivity contribution in [2.24, 2.45) is 10.9 Å². The van der Waals surface area contributed by atoms with Crippen LogP contribution in [-0.2, 0) is 0 Å². The summed E-state index contributed by atoms with van der Waals surface area (Å²) in [6.45, 7) is 12.3. The third kappa shape index (κ3) is 7.64. The highest BCUT2D eigenvalue weighted by atomic mass is 16.3. The monoisotopic (exact) mass is 567 g/mol. The van der Waals surface area contributed by atoms with Crippen LogP contribution < -0.4 is 10.6 Å². The van der Waals surface area contributed by atoms with Gasteiger partial charge in [0.25, 0.3) is 11.8 Å². The molecule has 0 radical (unpaired) electrons. The standard InChI is InChI=1S/C34H41N5O3/c1-5-39(6-2)21-20-36-32(40)25-12-15-27(16-13-25)37-31(24-10-8-7-9-11-24)30-28-22-26(14-17-29(28)38-34(30)42)33(41)35-19-18-23(3)4/h7-17,22-23,38,42H,5-6,18-21H2,1-4H3,(H,35,41)(H,36,40). The molecule has 0 aliphatic heterocycles. The Hall–Kier alpha value is -4.43. The molecule has 1 aromatic heterocycles. The number of aliphatic imine (C=N–C) groups is 1. The molecular weight excluding hydrogens is 526 g/mol. The van der Waals surface area contributed by atoms with Gasteiger partial charge < -0.3 is 25.6 Å². The number of H-pyrrole nitrogens is 1. The van der Waals surface area contributed by atoms with Crippen molar-refractivity contribution >= 4 is 34.1 Å². The Balaban J connectivity index is 1.65. The third-order valence-electron chi connectivity index (χ3n) is 7.31. The van der Waals surface area contributed by atoms with Gasteiger partial charge in [0.2, 0.25) is 0 Å². The summed E-state index contributed by atoms with van der Waals surface area (Å²) in [5, 5.41) is 17.7. The van der Waals surface area contributed by atoms with Crippen molar-refractivity contribution in [3.8, 4) is 5.88 Å². The van der Waals surface area contributed by atoms with Crippen LogP contribution in [0.25, 0.3) is 10.9 Å². The van der Waals surface area contributed by atoms with Gasteiger partial charge >= 0.3 is 0 Å².